The maximum atomic E-state index is 13.2. The molecule has 8 nitrogen and oxygen atoms in total. The maximum Gasteiger partial charge on any atom is 0.257 e. The average Bonchev–Trinajstić information content (AvgIpc) is 3.73. The molecule has 0 bridgehead atoms. The van der Waals surface area contributed by atoms with Gasteiger partial charge in [0.05, 0.1) is 25.2 Å². The lowest BCUT2D eigenvalue weighted by Gasteiger charge is -2.14. The number of nitrogens with zero attached hydrogens (tertiary/aromatic N) is 3. The first-order valence-electron chi connectivity index (χ1n) is 12.1. The topological polar surface area (TPSA) is 100 Å². The molecule has 1 aromatic carbocycles. The number of carbonyl (C=O) groups excluding carboxylic acids is 2. The summed E-state index contributed by atoms with van der Waals surface area (Å²) in [7, 11) is 3.03. The van der Waals surface area contributed by atoms with Gasteiger partial charge < -0.3 is 14.2 Å². The van der Waals surface area contributed by atoms with Crippen molar-refractivity contribution in [3.63, 3.8) is 0 Å². The predicted molar refractivity (Wildman–Crippen MR) is 137 cm³/mol. The fourth-order valence-corrected chi connectivity index (χ4v) is 4.46. The molecule has 1 saturated carbocycles. The third-order valence-electron chi connectivity index (χ3n) is 6.77. The first-order chi connectivity index (χ1) is 18.3. The summed E-state index contributed by atoms with van der Waals surface area (Å²) in [6.45, 7) is 1.84. The number of benzene rings is 1. The smallest absolute Gasteiger partial charge is 0.257 e. The van der Waals surface area contributed by atoms with Crippen LogP contribution in [-0.4, -0.2) is 40.7 Å². The highest BCUT2D eigenvalue weighted by molar-refractivity contribution is 6.10. The van der Waals surface area contributed by atoms with Gasteiger partial charge in [0.15, 0.2) is 23.1 Å². The SMILES string of the molecule is COc1cc2nccc(Oc3ncc(CC(=O)C4(C(=O)Cc5ccc(F)cc5)CC4)cc3C)c2nc1OC. The molecule has 0 spiro atoms. The number of aryl methyl sites for hydroxylation is 1. The molecule has 0 aliphatic heterocycles. The number of aromatic nitrogens is 3. The summed E-state index contributed by atoms with van der Waals surface area (Å²) in [6, 6.07) is 11.0. The molecule has 0 radical (unpaired) electrons. The molecule has 0 atom stereocenters. The van der Waals surface area contributed by atoms with E-state index in [9.17, 15) is 14.0 Å². The van der Waals surface area contributed by atoms with E-state index >= 15 is 0 Å². The number of hydrogen-bond acceptors (Lipinski definition) is 8. The van der Waals surface area contributed by atoms with E-state index in [-0.39, 0.29) is 30.2 Å². The van der Waals surface area contributed by atoms with Crippen LogP contribution in [0.4, 0.5) is 4.39 Å². The number of fused-ring (bicyclic) bond motifs is 1. The maximum absolute atomic E-state index is 13.2. The summed E-state index contributed by atoms with van der Waals surface area (Å²) in [4.78, 5) is 39.3. The average molecular weight is 516 g/mol. The van der Waals surface area contributed by atoms with Crippen molar-refractivity contribution in [3.8, 4) is 23.3 Å². The van der Waals surface area contributed by atoms with Crippen LogP contribution in [0, 0.1) is 18.2 Å². The van der Waals surface area contributed by atoms with Crippen LogP contribution in [0.5, 0.6) is 23.3 Å². The second-order valence-electron chi connectivity index (χ2n) is 9.35. The molecule has 0 N–H and O–H groups in total. The Bertz CT molecular complexity index is 1530. The lowest BCUT2D eigenvalue weighted by molar-refractivity contribution is -0.133. The van der Waals surface area contributed by atoms with Crippen molar-refractivity contribution < 1.29 is 28.2 Å². The third kappa shape index (κ3) is 4.91. The van der Waals surface area contributed by atoms with Gasteiger partial charge >= 0.3 is 0 Å². The summed E-state index contributed by atoms with van der Waals surface area (Å²) in [5, 5.41) is 0. The summed E-state index contributed by atoms with van der Waals surface area (Å²) in [5.74, 6) is 0.962. The minimum atomic E-state index is -0.959. The Morgan fingerprint density at radius 1 is 0.895 bits per heavy atom. The van der Waals surface area contributed by atoms with Crippen molar-refractivity contribution in [1.82, 2.24) is 15.0 Å². The zero-order valence-electron chi connectivity index (χ0n) is 21.3. The van der Waals surface area contributed by atoms with Crippen molar-refractivity contribution in [1.29, 1.82) is 0 Å². The van der Waals surface area contributed by atoms with E-state index in [1.54, 1.807) is 36.7 Å². The Balaban J connectivity index is 1.31. The van der Waals surface area contributed by atoms with Gasteiger partial charge in [0.2, 0.25) is 5.88 Å². The van der Waals surface area contributed by atoms with Gasteiger partial charge in [-0.3, -0.25) is 14.6 Å². The van der Waals surface area contributed by atoms with Crippen LogP contribution in [-0.2, 0) is 22.4 Å². The van der Waals surface area contributed by atoms with E-state index in [1.165, 1.54) is 26.4 Å². The van der Waals surface area contributed by atoms with Crippen molar-refractivity contribution in [2.24, 2.45) is 5.41 Å². The number of carbonyl (C=O) groups is 2. The van der Waals surface area contributed by atoms with Gasteiger partial charge in [-0.2, -0.15) is 0 Å². The lowest BCUT2D eigenvalue weighted by Crippen LogP contribution is -2.29. The standard InChI is InChI=1S/C29H26FN3O5/c1-17-12-19(14-25(35)29(9-10-29)24(34)13-18-4-6-20(30)7-5-18)16-32-27(17)38-22-8-11-31-21-15-23(36-2)28(37-3)33-26(21)22/h4-8,11-12,15-16H,9-10,13-14H2,1-3H3. The second kappa shape index (κ2) is 10.2. The zero-order chi connectivity index (χ0) is 26.9. The van der Waals surface area contributed by atoms with Crippen LogP contribution in [0.1, 0.15) is 29.5 Å². The van der Waals surface area contributed by atoms with E-state index in [0.29, 0.717) is 58.3 Å². The van der Waals surface area contributed by atoms with E-state index in [0.717, 1.165) is 5.56 Å². The largest absolute Gasteiger partial charge is 0.491 e. The molecule has 1 fully saturated rings. The van der Waals surface area contributed by atoms with Gasteiger partial charge in [0.1, 0.15) is 11.3 Å². The number of halogens is 1. The summed E-state index contributed by atoms with van der Waals surface area (Å²) in [5.41, 5.74) is 2.22. The molecule has 1 aliphatic carbocycles. The fourth-order valence-electron chi connectivity index (χ4n) is 4.46. The number of Topliss-reactive ketones (excluding diaryl/α,β-unsaturated/α-hetero) is 2. The van der Waals surface area contributed by atoms with Crippen molar-refractivity contribution in [2.75, 3.05) is 14.2 Å². The molecule has 194 valence electrons. The predicted octanol–water partition coefficient (Wildman–Crippen LogP) is 4.99. The highest BCUT2D eigenvalue weighted by atomic mass is 19.1. The molecule has 3 aromatic heterocycles. The van der Waals surface area contributed by atoms with Crippen molar-refractivity contribution in [3.05, 3.63) is 77.4 Å². The molecule has 38 heavy (non-hydrogen) atoms. The van der Waals surface area contributed by atoms with Gasteiger partial charge in [0.25, 0.3) is 5.88 Å². The van der Waals surface area contributed by atoms with Gasteiger partial charge in [0, 0.05) is 42.9 Å². The number of pyridine rings is 3. The minimum Gasteiger partial charge on any atom is -0.491 e. The van der Waals surface area contributed by atoms with Gasteiger partial charge in [-0.15, -0.1) is 0 Å². The molecule has 9 heteroatoms. The Labute approximate surface area is 218 Å². The third-order valence-corrected chi connectivity index (χ3v) is 6.77. The molecule has 1 aliphatic rings. The number of rotatable bonds is 10. The monoisotopic (exact) mass is 515 g/mol. The minimum absolute atomic E-state index is 0.0972. The van der Waals surface area contributed by atoms with Crippen LogP contribution in [0.3, 0.4) is 0 Å². The second-order valence-corrected chi connectivity index (χ2v) is 9.35. The van der Waals surface area contributed by atoms with Gasteiger partial charge in [-0.1, -0.05) is 12.1 Å². The van der Waals surface area contributed by atoms with Gasteiger partial charge in [-0.25, -0.2) is 14.4 Å². The van der Waals surface area contributed by atoms with E-state index in [2.05, 4.69) is 15.0 Å². The first-order valence-corrected chi connectivity index (χ1v) is 12.1. The van der Waals surface area contributed by atoms with E-state index in [1.807, 2.05) is 13.0 Å². The quantitative estimate of drug-likeness (QED) is 0.273. The Hall–Kier alpha value is -4.40. The number of hydrogen-bond donors (Lipinski definition) is 0. The van der Waals surface area contributed by atoms with Crippen molar-refractivity contribution >= 4 is 22.6 Å². The summed E-state index contributed by atoms with van der Waals surface area (Å²) >= 11 is 0. The number of ketones is 2. The molecule has 3 heterocycles. The molecular formula is C29H26FN3O5. The van der Waals surface area contributed by atoms with E-state index in [4.69, 9.17) is 14.2 Å². The van der Waals surface area contributed by atoms with E-state index < -0.39 is 5.41 Å². The molecule has 0 amide bonds. The Kier molecular flexibility index (Phi) is 6.75. The first kappa shape index (κ1) is 25.3. The summed E-state index contributed by atoms with van der Waals surface area (Å²) < 4.78 is 29.9. The highest BCUT2D eigenvalue weighted by Crippen LogP contribution is 2.49. The molecule has 5 rings (SSSR count). The molecule has 0 unspecified atom stereocenters. The normalized spacial score (nSPS) is 13.7. The number of ether oxygens (including phenoxy) is 3. The fraction of sp³-hybridized carbons (Fsp3) is 0.276. The van der Waals surface area contributed by atoms with Gasteiger partial charge in [-0.05, 0) is 49.1 Å². The Morgan fingerprint density at radius 2 is 1.61 bits per heavy atom. The van der Waals surface area contributed by atoms with Crippen LogP contribution in [0.15, 0.2) is 54.9 Å². The van der Waals surface area contributed by atoms with Crippen molar-refractivity contribution in [2.45, 2.75) is 32.6 Å². The lowest BCUT2D eigenvalue weighted by atomic mass is 9.88. The highest BCUT2D eigenvalue weighted by Gasteiger charge is 2.54. The number of methoxy groups -OCH3 is 2. The van der Waals surface area contributed by atoms with Crippen LogP contribution < -0.4 is 14.2 Å². The van der Waals surface area contributed by atoms with Crippen LogP contribution >= 0.6 is 0 Å². The zero-order valence-corrected chi connectivity index (χ0v) is 21.3. The Morgan fingerprint density at radius 3 is 2.24 bits per heavy atom. The van der Waals surface area contributed by atoms with Crippen LogP contribution in [0.2, 0.25) is 0 Å². The van der Waals surface area contributed by atoms with Crippen LogP contribution in [0.25, 0.3) is 11.0 Å². The summed E-state index contributed by atoms with van der Waals surface area (Å²) in [6.07, 6.45) is 4.47. The molecule has 0 saturated heterocycles. The molecular weight excluding hydrogens is 489 g/mol. The molecule has 4 aromatic rings.